The molecule has 0 saturated carbocycles. The summed E-state index contributed by atoms with van der Waals surface area (Å²) in [5, 5.41) is 12.6. The third-order valence-corrected chi connectivity index (χ3v) is 5.08. The van der Waals surface area contributed by atoms with Gasteiger partial charge in [-0.15, -0.1) is 16.4 Å². The summed E-state index contributed by atoms with van der Waals surface area (Å²) in [7, 11) is -4.64. The number of H-pyrrole nitrogens is 1. The average Bonchev–Trinajstić information content (AvgIpc) is 3.37. The molecule has 0 saturated heterocycles. The Kier molecular flexibility index (Phi) is 4.46. The Morgan fingerprint density at radius 1 is 1.33 bits per heavy atom. The van der Waals surface area contributed by atoms with E-state index in [1.165, 1.54) is 28.3 Å². The topological polar surface area (TPSA) is 143 Å². The summed E-state index contributed by atoms with van der Waals surface area (Å²) in [5.41, 5.74) is 2.14. The number of nitrogens with one attached hydrogen (secondary N) is 1. The van der Waals surface area contributed by atoms with Crippen LogP contribution < -0.4 is 0 Å². The third-order valence-electron chi connectivity index (χ3n) is 3.79. The molecule has 0 atom stereocenters. The molecule has 27 heavy (non-hydrogen) atoms. The number of fused-ring (bicyclic) bond motifs is 1. The van der Waals surface area contributed by atoms with Crippen molar-refractivity contribution in [1.29, 1.82) is 0 Å². The Bertz CT molecular complexity index is 1160. The van der Waals surface area contributed by atoms with Crippen LogP contribution in [-0.4, -0.2) is 40.5 Å². The molecule has 0 aliphatic rings. The van der Waals surface area contributed by atoms with Gasteiger partial charge in [-0.1, -0.05) is 23.4 Å². The molecule has 1 aromatic carbocycles. The van der Waals surface area contributed by atoms with Crippen molar-refractivity contribution in [3.63, 3.8) is 0 Å². The molecule has 3 heterocycles. The number of carbonyl (C=O) groups excluding carboxylic acids is 1. The Morgan fingerprint density at radius 2 is 2.15 bits per heavy atom. The van der Waals surface area contributed by atoms with Crippen LogP contribution in [-0.2, 0) is 15.8 Å². The highest BCUT2D eigenvalue weighted by Crippen LogP contribution is 2.37. The van der Waals surface area contributed by atoms with Gasteiger partial charge < -0.3 is 14.4 Å². The SMILES string of the molecule is O=C(c1nc(-c2cnn[nH]2)cs1)c1cn(COP(=O)(O)O)c2ccccc12. The van der Waals surface area contributed by atoms with Gasteiger partial charge in [0.25, 0.3) is 0 Å². The zero-order chi connectivity index (χ0) is 19.0. The predicted molar refractivity (Wildman–Crippen MR) is 96.0 cm³/mol. The van der Waals surface area contributed by atoms with Gasteiger partial charge in [0, 0.05) is 17.0 Å². The molecule has 0 aliphatic carbocycles. The maximum atomic E-state index is 13.0. The average molecular weight is 405 g/mol. The molecule has 3 aromatic heterocycles. The van der Waals surface area contributed by atoms with Gasteiger partial charge in [0.2, 0.25) is 5.78 Å². The van der Waals surface area contributed by atoms with Gasteiger partial charge in [-0.25, -0.2) is 9.55 Å². The monoisotopic (exact) mass is 405 g/mol. The van der Waals surface area contributed by atoms with Crippen molar-refractivity contribution in [3.8, 4) is 11.4 Å². The molecular formula is C15H12N5O5PS. The zero-order valence-electron chi connectivity index (χ0n) is 13.5. The van der Waals surface area contributed by atoms with Gasteiger partial charge in [0.1, 0.15) is 18.1 Å². The number of phosphoric ester groups is 1. The Labute approximate surface area is 155 Å². The molecule has 0 bridgehead atoms. The number of benzene rings is 1. The molecule has 4 rings (SSSR count). The van der Waals surface area contributed by atoms with E-state index >= 15 is 0 Å². The second kappa shape index (κ2) is 6.80. The van der Waals surface area contributed by atoms with Gasteiger partial charge >= 0.3 is 7.82 Å². The molecule has 10 nitrogen and oxygen atoms in total. The highest BCUT2D eigenvalue weighted by molar-refractivity contribution is 7.46. The number of thiazole rings is 1. The maximum absolute atomic E-state index is 13.0. The van der Waals surface area contributed by atoms with Gasteiger partial charge in [0.05, 0.1) is 17.3 Å². The fourth-order valence-corrected chi connectivity index (χ4v) is 3.66. The minimum absolute atomic E-state index is 0.276. The van der Waals surface area contributed by atoms with E-state index in [1.54, 1.807) is 29.6 Å². The van der Waals surface area contributed by atoms with E-state index in [0.717, 1.165) is 0 Å². The molecule has 3 N–H and O–H groups in total. The summed E-state index contributed by atoms with van der Waals surface area (Å²) in [6, 6.07) is 7.02. The van der Waals surface area contributed by atoms with E-state index in [4.69, 9.17) is 9.79 Å². The van der Waals surface area contributed by atoms with E-state index < -0.39 is 7.82 Å². The first-order valence-electron chi connectivity index (χ1n) is 7.57. The lowest BCUT2D eigenvalue weighted by atomic mass is 10.1. The van der Waals surface area contributed by atoms with Crippen LogP contribution in [0.25, 0.3) is 22.3 Å². The fourth-order valence-electron chi connectivity index (χ4n) is 2.61. The van der Waals surface area contributed by atoms with Crippen molar-refractivity contribution in [1.82, 2.24) is 25.0 Å². The maximum Gasteiger partial charge on any atom is 0.471 e. The third kappa shape index (κ3) is 3.59. The summed E-state index contributed by atoms with van der Waals surface area (Å²) in [4.78, 5) is 35.1. The van der Waals surface area contributed by atoms with Crippen LogP contribution in [0.15, 0.2) is 42.0 Å². The van der Waals surface area contributed by atoms with Crippen LogP contribution in [0.4, 0.5) is 0 Å². The van der Waals surface area contributed by atoms with Gasteiger partial charge in [-0.2, -0.15) is 0 Å². The van der Waals surface area contributed by atoms with E-state index in [0.29, 0.717) is 27.9 Å². The van der Waals surface area contributed by atoms with Crippen LogP contribution in [0.5, 0.6) is 0 Å². The number of carbonyl (C=O) groups is 1. The molecule has 0 amide bonds. The van der Waals surface area contributed by atoms with Crippen LogP contribution in [0, 0.1) is 0 Å². The molecule has 138 valence electrons. The number of para-hydroxylation sites is 1. The quantitative estimate of drug-likeness (QED) is 0.327. The second-order valence-corrected chi connectivity index (χ2v) is 7.61. The Hall–Kier alpha value is -2.69. The molecule has 12 heteroatoms. The summed E-state index contributed by atoms with van der Waals surface area (Å²) < 4.78 is 17.0. The lowest BCUT2D eigenvalue weighted by Crippen LogP contribution is -2.02. The van der Waals surface area contributed by atoms with Crippen LogP contribution in [0.2, 0.25) is 0 Å². The number of nitrogens with zero attached hydrogens (tertiary/aromatic N) is 4. The fraction of sp³-hybridized carbons (Fsp3) is 0.0667. The minimum Gasteiger partial charge on any atom is -0.322 e. The minimum atomic E-state index is -4.64. The summed E-state index contributed by atoms with van der Waals surface area (Å²) >= 11 is 1.18. The highest BCUT2D eigenvalue weighted by Gasteiger charge is 2.21. The largest absolute Gasteiger partial charge is 0.471 e. The van der Waals surface area contributed by atoms with Gasteiger partial charge in [0.15, 0.2) is 5.01 Å². The molecule has 0 fully saturated rings. The van der Waals surface area contributed by atoms with E-state index in [1.807, 2.05) is 0 Å². The van der Waals surface area contributed by atoms with Crippen LogP contribution in [0.3, 0.4) is 0 Å². The number of hydrogen-bond acceptors (Lipinski definition) is 7. The molecular weight excluding hydrogens is 393 g/mol. The summed E-state index contributed by atoms with van der Waals surface area (Å²) in [6.45, 7) is -0.388. The van der Waals surface area contributed by atoms with Gasteiger partial charge in [-0.3, -0.25) is 14.4 Å². The molecule has 0 aliphatic heterocycles. The number of phosphoric acid groups is 1. The normalized spacial score (nSPS) is 11.9. The van der Waals surface area contributed by atoms with Crippen molar-refractivity contribution < 1.29 is 23.7 Å². The van der Waals surface area contributed by atoms with E-state index in [-0.39, 0.29) is 17.5 Å². The van der Waals surface area contributed by atoms with E-state index in [2.05, 4.69) is 24.9 Å². The molecule has 0 spiro atoms. The Balaban J connectivity index is 1.71. The van der Waals surface area contributed by atoms with Gasteiger partial charge in [-0.05, 0) is 6.07 Å². The molecule has 4 aromatic rings. The summed E-state index contributed by atoms with van der Waals surface area (Å²) in [5.74, 6) is -0.301. The van der Waals surface area contributed by atoms with Crippen molar-refractivity contribution in [2.75, 3.05) is 0 Å². The van der Waals surface area contributed by atoms with Crippen LogP contribution >= 0.6 is 19.2 Å². The van der Waals surface area contributed by atoms with E-state index in [9.17, 15) is 9.36 Å². The summed E-state index contributed by atoms with van der Waals surface area (Å²) in [6.07, 6.45) is 3.01. The Morgan fingerprint density at radius 3 is 2.89 bits per heavy atom. The molecule has 0 unspecified atom stereocenters. The second-order valence-electron chi connectivity index (χ2n) is 5.52. The van der Waals surface area contributed by atoms with Crippen molar-refractivity contribution >= 4 is 35.8 Å². The standard InChI is InChI=1S/C15H12N5O5PS/c21-14(15-17-12(7-27-15)11-5-16-19-18-11)10-6-20(8-25-26(22,23)24)13-4-2-1-3-9(10)13/h1-7H,8H2,(H,16,18,19)(H2,22,23,24). The number of aromatic amines is 1. The lowest BCUT2D eigenvalue weighted by Gasteiger charge is -2.07. The van der Waals surface area contributed by atoms with Crippen LogP contribution in [0.1, 0.15) is 15.4 Å². The number of aromatic nitrogens is 5. The van der Waals surface area contributed by atoms with Crippen molar-refractivity contribution in [3.05, 3.63) is 52.6 Å². The van der Waals surface area contributed by atoms with Crippen molar-refractivity contribution in [2.24, 2.45) is 0 Å². The lowest BCUT2D eigenvalue weighted by molar-refractivity contribution is 0.103. The number of ketones is 1. The zero-order valence-corrected chi connectivity index (χ0v) is 15.2. The first kappa shape index (κ1) is 17.7. The predicted octanol–water partition coefficient (Wildman–Crippen LogP) is 2.18. The smallest absolute Gasteiger partial charge is 0.322 e. The first-order chi connectivity index (χ1) is 12.9. The molecule has 0 radical (unpaired) electrons. The highest BCUT2D eigenvalue weighted by atomic mass is 32.1. The number of hydrogen-bond donors (Lipinski definition) is 3. The van der Waals surface area contributed by atoms with Crippen molar-refractivity contribution in [2.45, 2.75) is 6.73 Å². The number of rotatable bonds is 6. The first-order valence-corrected chi connectivity index (χ1v) is 9.98.